The van der Waals surface area contributed by atoms with E-state index in [0.29, 0.717) is 41.7 Å². The van der Waals surface area contributed by atoms with Gasteiger partial charge >= 0.3 is 5.97 Å². The standard InChI is InChI=1S/C22H23ClN4O3/c1-2-30-19-11-8-15(23)12-17(19)18-13-20(27-22(24)26-18)25-16-9-6-14(7-10-16)4-3-5-21(28)29/h6-13H,2-5H2,1H3,(H,28,29)(H3,24,25,26,27). The number of rotatable bonds is 9. The van der Waals surface area contributed by atoms with Crippen LogP contribution < -0.4 is 15.8 Å². The van der Waals surface area contributed by atoms with Crippen molar-refractivity contribution in [3.8, 4) is 17.0 Å². The van der Waals surface area contributed by atoms with E-state index >= 15 is 0 Å². The quantitative estimate of drug-likeness (QED) is 0.445. The van der Waals surface area contributed by atoms with Crippen LogP contribution in [0.5, 0.6) is 5.75 Å². The fourth-order valence-electron chi connectivity index (χ4n) is 3.00. The molecule has 156 valence electrons. The molecule has 0 bridgehead atoms. The Morgan fingerprint density at radius 3 is 2.63 bits per heavy atom. The molecule has 0 saturated heterocycles. The molecule has 0 amide bonds. The highest BCUT2D eigenvalue weighted by molar-refractivity contribution is 6.31. The molecular weight excluding hydrogens is 404 g/mol. The van der Waals surface area contributed by atoms with Crippen molar-refractivity contribution in [3.05, 3.63) is 59.1 Å². The van der Waals surface area contributed by atoms with Crippen LogP contribution in [0, 0.1) is 0 Å². The summed E-state index contributed by atoms with van der Waals surface area (Å²) in [6.07, 6.45) is 1.48. The second-order valence-electron chi connectivity index (χ2n) is 6.64. The molecular formula is C22H23ClN4O3. The summed E-state index contributed by atoms with van der Waals surface area (Å²) >= 11 is 6.17. The number of hydrogen-bond donors (Lipinski definition) is 3. The molecule has 0 unspecified atom stereocenters. The van der Waals surface area contributed by atoms with Crippen LogP contribution in [0.3, 0.4) is 0 Å². The van der Waals surface area contributed by atoms with E-state index in [1.165, 1.54) is 0 Å². The Bertz CT molecular complexity index is 1030. The van der Waals surface area contributed by atoms with Gasteiger partial charge in [-0.05, 0) is 55.7 Å². The molecule has 3 rings (SSSR count). The molecule has 0 spiro atoms. The second kappa shape index (κ2) is 9.93. The molecule has 0 radical (unpaired) electrons. The summed E-state index contributed by atoms with van der Waals surface area (Å²) in [4.78, 5) is 19.2. The van der Waals surface area contributed by atoms with Gasteiger partial charge in [-0.3, -0.25) is 4.79 Å². The van der Waals surface area contributed by atoms with Gasteiger partial charge in [-0.15, -0.1) is 0 Å². The van der Waals surface area contributed by atoms with Crippen LogP contribution in [0.4, 0.5) is 17.5 Å². The van der Waals surface area contributed by atoms with Gasteiger partial charge < -0.3 is 20.9 Å². The zero-order chi connectivity index (χ0) is 21.5. The van der Waals surface area contributed by atoms with E-state index in [-0.39, 0.29) is 12.4 Å². The van der Waals surface area contributed by atoms with Crippen LogP contribution in [0.1, 0.15) is 25.3 Å². The van der Waals surface area contributed by atoms with Gasteiger partial charge in [0.15, 0.2) is 0 Å². The minimum absolute atomic E-state index is 0.128. The van der Waals surface area contributed by atoms with Crippen molar-refractivity contribution in [2.75, 3.05) is 17.7 Å². The highest BCUT2D eigenvalue weighted by Crippen LogP contribution is 2.33. The van der Waals surface area contributed by atoms with Crippen molar-refractivity contribution < 1.29 is 14.6 Å². The number of carboxylic acids is 1. The first kappa shape index (κ1) is 21.4. The molecule has 1 heterocycles. The normalized spacial score (nSPS) is 10.6. The monoisotopic (exact) mass is 426 g/mol. The van der Waals surface area contributed by atoms with Crippen molar-refractivity contribution in [2.24, 2.45) is 0 Å². The lowest BCUT2D eigenvalue weighted by molar-refractivity contribution is -0.137. The highest BCUT2D eigenvalue weighted by Gasteiger charge is 2.12. The van der Waals surface area contributed by atoms with Crippen LogP contribution in [-0.4, -0.2) is 27.7 Å². The molecule has 8 heteroatoms. The zero-order valence-electron chi connectivity index (χ0n) is 16.6. The number of aryl methyl sites for hydroxylation is 1. The van der Waals surface area contributed by atoms with Crippen LogP contribution in [0.15, 0.2) is 48.5 Å². The van der Waals surface area contributed by atoms with Gasteiger partial charge in [0.05, 0.1) is 12.3 Å². The smallest absolute Gasteiger partial charge is 0.303 e. The number of hydrogen-bond acceptors (Lipinski definition) is 6. The van der Waals surface area contributed by atoms with Gasteiger partial charge in [-0.2, -0.15) is 4.98 Å². The number of carbonyl (C=O) groups is 1. The van der Waals surface area contributed by atoms with Gasteiger partial charge in [-0.25, -0.2) is 4.98 Å². The van der Waals surface area contributed by atoms with Crippen molar-refractivity contribution in [1.29, 1.82) is 0 Å². The summed E-state index contributed by atoms with van der Waals surface area (Å²) in [6.45, 7) is 2.42. The number of ether oxygens (including phenoxy) is 1. The summed E-state index contributed by atoms with van der Waals surface area (Å²) in [5.74, 6) is 0.551. The molecule has 4 N–H and O–H groups in total. The third-order valence-electron chi connectivity index (χ3n) is 4.34. The van der Waals surface area contributed by atoms with Gasteiger partial charge in [0.25, 0.3) is 0 Å². The maximum absolute atomic E-state index is 10.6. The van der Waals surface area contributed by atoms with Crippen LogP contribution in [0.25, 0.3) is 11.3 Å². The number of aromatic nitrogens is 2. The maximum Gasteiger partial charge on any atom is 0.303 e. The average Bonchev–Trinajstić information content (AvgIpc) is 2.70. The summed E-state index contributed by atoms with van der Waals surface area (Å²) in [5, 5.41) is 12.5. The molecule has 3 aromatic rings. The Hall–Kier alpha value is -3.32. The maximum atomic E-state index is 10.6. The van der Waals surface area contributed by atoms with E-state index in [0.717, 1.165) is 16.8 Å². The Morgan fingerprint density at radius 2 is 1.93 bits per heavy atom. The summed E-state index contributed by atoms with van der Waals surface area (Å²) in [7, 11) is 0. The van der Waals surface area contributed by atoms with E-state index in [1.807, 2.05) is 31.2 Å². The van der Waals surface area contributed by atoms with Crippen LogP contribution in [-0.2, 0) is 11.2 Å². The highest BCUT2D eigenvalue weighted by atomic mass is 35.5. The van der Waals surface area contributed by atoms with E-state index in [1.54, 1.807) is 24.3 Å². The number of halogens is 1. The lowest BCUT2D eigenvalue weighted by Crippen LogP contribution is -2.03. The predicted octanol–water partition coefficient (Wildman–Crippen LogP) is 4.93. The molecule has 0 saturated carbocycles. The van der Waals surface area contributed by atoms with E-state index in [9.17, 15) is 4.79 Å². The first-order chi connectivity index (χ1) is 14.4. The van der Waals surface area contributed by atoms with Crippen molar-refractivity contribution in [1.82, 2.24) is 9.97 Å². The van der Waals surface area contributed by atoms with Crippen LogP contribution >= 0.6 is 11.6 Å². The van der Waals surface area contributed by atoms with Gasteiger partial charge in [0.1, 0.15) is 11.6 Å². The molecule has 7 nitrogen and oxygen atoms in total. The second-order valence-corrected chi connectivity index (χ2v) is 7.08. The number of nitrogens with zero attached hydrogens (tertiary/aromatic N) is 2. The number of anilines is 3. The predicted molar refractivity (Wildman–Crippen MR) is 118 cm³/mol. The van der Waals surface area contributed by atoms with Crippen molar-refractivity contribution in [3.63, 3.8) is 0 Å². The van der Waals surface area contributed by atoms with Crippen molar-refractivity contribution >= 4 is 35.0 Å². The summed E-state index contributed by atoms with van der Waals surface area (Å²) in [6, 6.07) is 14.9. The molecule has 30 heavy (non-hydrogen) atoms. The summed E-state index contributed by atoms with van der Waals surface area (Å²) < 4.78 is 5.69. The van der Waals surface area contributed by atoms with E-state index < -0.39 is 5.97 Å². The van der Waals surface area contributed by atoms with Gasteiger partial charge in [0, 0.05) is 28.8 Å². The largest absolute Gasteiger partial charge is 0.493 e. The minimum Gasteiger partial charge on any atom is -0.493 e. The zero-order valence-corrected chi connectivity index (χ0v) is 17.3. The third kappa shape index (κ3) is 5.84. The fraction of sp³-hybridized carbons (Fsp3) is 0.227. The number of benzene rings is 2. The Labute approximate surface area is 179 Å². The molecule has 0 aliphatic carbocycles. The Kier molecular flexibility index (Phi) is 7.08. The molecule has 0 fully saturated rings. The number of aliphatic carboxylic acids is 1. The van der Waals surface area contributed by atoms with Gasteiger partial charge in [-0.1, -0.05) is 23.7 Å². The molecule has 1 aromatic heterocycles. The lowest BCUT2D eigenvalue weighted by Gasteiger charge is -2.13. The topological polar surface area (TPSA) is 110 Å². The minimum atomic E-state index is -0.780. The number of nitrogens with one attached hydrogen (secondary N) is 1. The van der Waals surface area contributed by atoms with Gasteiger partial charge in [0.2, 0.25) is 5.95 Å². The van der Waals surface area contributed by atoms with E-state index in [4.69, 9.17) is 27.2 Å². The first-order valence-electron chi connectivity index (χ1n) is 9.59. The lowest BCUT2D eigenvalue weighted by atomic mass is 10.1. The molecule has 2 aromatic carbocycles. The Morgan fingerprint density at radius 1 is 1.17 bits per heavy atom. The fourth-order valence-corrected chi connectivity index (χ4v) is 3.17. The van der Waals surface area contributed by atoms with Crippen molar-refractivity contribution in [2.45, 2.75) is 26.2 Å². The molecule has 0 aliphatic heterocycles. The number of nitrogen functional groups attached to an aromatic ring is 1. The van der Waals surface area contributed by atoms with E-state index in [2.05, 4.69) is 15.3 Å². The number of carboxylic acid groups (broad SMARTS) is 1. The first-order valence-corrected chi connectivity index (χ1v) is 9.97. The average molecular weight is 427 g/mol. The van der Waals surface area contributed by atoms with Crippen LogP contribution in [0.2, 0.25) is 5.02 Å². The Balaban J connectivity index is 1.79. The SMILES string of the molecule is CCOc1ccc(Cl)cc1-c1cc(Nc2ccc(CCCC(=O)O)cc2)nc(N)n1. The molecule has 0 atom stereocenters. The number of nitrogens with two attached hydrogens (primary N) is 1. The third-order valence-corrected chi connectivity index (χ3v) is 4.58. The molecule has 0 aliphatic rings. The summed E-state index contributed by atoms with van der Waals surface area (Å²) in [5.41, 5.74) is 9.17.